The number of nitrogens with zero attached hydrogens (tertiary/aromatic N) is 7. The van der Waals surface area contributed by atoms with Gasteiger partial charge in [-0.25, -0.2) is 14.4 Å². The lowest BCUT2D eigenvalue weighted by atomic mass is 9.73. The fourth-order valence-electron chi connectivity index (χ4n) is 9.13. The summed E-state index contributed by atoms with van der Waals surface area (Å²) in [7, 11) is 0. The summed E-state index contributed by atoms with van der Waals surface area (Å²) < 4.78 is 22.4. The number of aromatic nitrogens is 4. The number of ether oxygens (including phenoxy) is 1. The number of halogens is 1. The molecule has 10 nitrogen and oxygen atoms in total. The third kappa shape index (κ3) is 5.14. The van der Waals surface area contributed by atoms with E-state index in [1.807, 2.05) is 12.4 Å². The summed E-state index contributed by atoms with van der Waals surface area (Å²) in [6, 6.07) is 11.4. The van der Waals surface area contributed by atoms with E-state index in [-0.39, 0.29) is 18.0 Å². The van der Waals surface area contributed by atoms with Crippen LogP contribution in [-0.2, 0) is 14.9 Å². The Hall–Kier alpha value is -3.93. The predicted molar refractivity (Wildman–Crippen MR) is 192 cm³/mol. The van der Waals surface area contributed by atoms with E-state index in [1.165, 1.54) is 12.6 Å². The fraction of sp³-hybridized carbons (Fsp3) is 0.538. The molecule has 4 fully saturated rings. The second-order valence-electron chi connectivity index (χ2n) is 16.3. The average molecular weight is 679 g/mol. The van der Waals surface area contributed by atoms with E-state index in [4.69, 9.17) is 14.7 Å². The number of hydrogen-bond acceptors (Lipinski definition) is 8. The zero-order valence-corrected chi connectivity index (χ0v) is 29.5. The van der Waals surface area contributed by atoms with Gasteiger partial charge >= 0.3 is 0 Å². The highest BCUT2D eigenvalue weighted by atomic mass is 19.1. The van der Waals surface area contributed by atoms with Crippen LogP contribution in [0, 0.1) is 11.2 Å². The van der Waals surface area contributed by atoms with Gasteiger partial charge in [0.2, 0.25) is 5.91 Å². The van der Waals surface area contributed by atoms with Gasteiger partial charge in [-0.2, -0.15) is 0 Å². The molecule has 1 aromatic carbocycles. The number of carbonyl (C=O) groups excluding carboxylic acids is 1. The number of likely N-dealkylation sites (tertiary alicyclic amines) is 2. The van der Waals surface area contributed by atoms with Crippen LogP contribution >= 0.6 is 0 Å². The molecule has 1 spiro atoms. The van der Waals surface area contributed by atoms with E-state index in [9.17, 15) is 9.18 Å². The topological polar surface area (TPSA) is 91.7 Å². The third-order valence-corrected chi connectivity index (χ3v) is 12.3. The van der Waals surface area contributed by atoms with Gasteiger partial charge in [-0.3, -0.25) is 19.6 Å². The summed E-state index contributed by atoms with van der Waals surface area (Å²) in [6.45, 7) is 14.6. The fourth-order valence-corrected chi connectivity index (χ4v) is 9.13. The predicted octanol–water partition coefficient (Wildman–Crippen LogP) is 6.30. The molecule has 262 valence electrons. The van der Waals surface area contributed by atoms with Crippen molar-refractivity contribution in [2.45, 2.75) is 89.4 Å². The van der Waals surface area contributed by atoms with Crippen LogP contribution in [0.25, 0.3) is 22.3 Å². The quantitative estimate of drug-likeness (QED) is 0.244. The molecule has 11 heteroatoms. The van der Waals surface area contributed by atoms with Crippen LogP contribution in [-0.4, -0.2) is 92.7 Å². The molecule has 1 N–H and O–H groups in total. The van der Waals surface area contributed by atoms with Crippen molar-refractivity contribution in [3.63, 3.8) is 0 Å². The maximum absolute atomic E-state index is 14.8. The van der Waals surface area contributed by atoms with E-state index < -0.39 is 11.2 Å². The molecule has 4 aromatic rings. The van der Waals surface area contributed by atoms with Crippen LogP contribution in [0.15, 0.2) is 49.1 Å². The Morgan fingerprint density at radius 3 is 2.44 bits per heavy atom. The molecule has 0 unspecified atom stereocenters. The molecule has 0 bridgehead atoms. The van der Waals surface area contributed by atoms with Crippen LogP contribution in [0.2, 0.25) is 0 Å². The number of rotatable bonds is 7. The molecule has 1 saturated carbocycles. The van der Waals surface area contributed by atoms with Gasteiger partial charge in [-0.05, 0) is 94.8 Å². The Morgan fingerprint density at radius 2 is 1.76 bits per heavy atom. The number of anilines is 3. The molecule has 0 atom stereocenters. The summed E-state index contributed by atoms with van der Waals surface area (Å²) >= 11 is 0. The highest BCUT2D eigenvalue weighted by Crippen LogP contribution is 2.52. The number of benzene rings is 1. The molecule has 1 aliphatic carbocycles. The monoisotopic (exact) mass is 678 g/mol. The molecular formula is C39H47FN8O2. The minimum Gasteiger partial charge on any atom is -0.378 e. The number of hydrogen-bond donors (Lipinski definition) is 1. The van der Waals surface area contributed by atoms with E-state index in [0.717, 1.165) is 98.6 Å². The zero-order valence-electron chi connectivity index (χ0n) is 29.5. The minimum atomic E-state index is -0.505. The molecule has 3 aromatic heterocycles. The summed E-state index contributed by atoms with van der Waals surface area (Å²) in [5, 5.41) is 3.25. The third-order valence-electron chi connectivity index (χ3n) is 12.3. The van der Waals surface area contributed by atoms with Crippen molar-refractivity contribution in [1.82, 2.24) is 29.3 Å². The number of fused-ring (bicyclic) bond motifs is 3. The minimum absolute atomic E-state index is 0.132. The summed E-state index contributed by atoms with van der Waals surface area (Å²) in [5.41, 5.74) is 5.57. The maximum Gasteiger partial charge on any atom is 0.238 e. The van der Waals surface area contributed by atoms with Crippen molar-refractivity contribution in [3.8, 4) is 11.3 Å². The van der Waals surface area contributed by atoms with Crippen molar-refractivity contribution >= 4 is 34.1 Å². The molecule has 50 heavy (non-hydrogen) atoms. The first-order valence-electron chi connectivity index (χ1n) is 18.4. The van der Waals surface area contributed by atoms with Crippen molar-refractivity contribution in [2.24, 2.45) is 5.41 Å². The average Bonchev–Trinajstić information content (AvgIpc) is 3.71. The molecule has 1 amide bonds. The first-order valence-corrected chi connectivity index (χ1v) is 18.4. The summed E-state index contributed by atoms with van der Waals surface area (Å²) in [6.07, 6.45) is 9.48. The number of imidazole rings is 1. The van der Waals surface area contributed by atoms with Gasteiger partial charge in [-0.1, -0.05) is 26.0 Å². The Kier molecular flexibility index (Phi) is 7.56. The first kappa shape index (κ1) is 32.0. The SMILES string of the molecule is CC(C)n1cnc2cc(-c3ccc4c(c3)N(C3CC(N5CCC(C)(C)C5)C3)C(=O)C43CCN(C4COC4)CC3)nc(Nc3ccncc3F)c21. The van der Waals surface area contributed by atoms with Crippen LogP contribution in [0.1, 0.15) is 71.4 Å². The smallest absolute Gasteiger partial charge is 0.238 e. The summed E-state index contributed by atoms with van der Waals surface area (Å²) in [4.78, 5) is 36.0. The van der Waals surface area contributed by atoms with Gasteiger partial charge in [0.1, 0.15) is 5.52 Å². The lowest BCUT2D eigenvalue weighted by Crippen LogP contribution is -2.59. The summed E-state index contributed by atoms with van der Waals surface area (Å²) in [5.74, 6) is 0.350. The number of nitrogens with one attached hydrogen (secondary N) is 1. The molecule has 7 heterocycles. The molecule has 3 saturated heterocycles. The molecule has 0 radical (unpaired) electrons. The lowest BCUT2D eigenvalue weighted by molar-refractivity contribution is -0.128. The molecular weight excluding hydrogens is 631 g/mol. The van der Waals surface area contributed by atoms with Gasteiger partial charge < -0.3 is 19.5 Å². The Bertz CT molecular complexity index is 1960. The van der Waals surface area contributed by atoms with Gasteiger partial charge in [0, 0.05) is 42.1 Å². The molecule has 4 aliphatic heterocycles. The highest BCUT2D eigenvalue weighted by molar-refractivity contribution is 6.09. The van der Waals surface area contributed by atoms with Crippen molar-refractivity contribution in [2.75, 3.05) is 49.6 Å². The number of amides is 1. The lowest BCUT2D eigenvalue weighted by Gasteiger charge is -2.47. The second kappa shape index (κ2) is 11.8. The standard InChI is InChI=1S/C39H47FN8O2/c1-24(2)47-23-42-33-18-32(44-36(35(33)47)43-31-7-11-41-19-30(31)40)25-5-6-29-34(15-25)48(27-16-26(17-27)46-12-8-38(3,4)22-46)37(49)39(29)9-13-45(14-10-39)28-20-50-21-28/h5-7,11,15,18-19,23-24,26-28H,8-10,12-14,16-17,20-22H2,1-4H3,(H,41,43,44). The van der Waals surface area contributed by atoms with Crippen LogP contribution in [0.4, 0.5) is 21.6 Å². The Balaban J connectivity index is 1.09. The van der Waals surface area contributed by atoms with Crippen LogP contribution in [0.5, 0.6) is 0 Å². The van der Waals surface area contributed by atoms with Crippen molar-refractivity contribution < 1.29 is 13.9 Å². The molecule has 5 aliphatic rings. The largest absolute Gasteiger partial charge is 0.378 e. The van der Waals surface area contributed by atoms with Gasteiger partial charge in [-0.15, -0.1) is 0 Å². The maximum atomic E-state index is 14.8. The van der Waals surface area contributed by atoms with Crippen LogP contribution < -0.4 is 10.2 Å². The van der Waals surface area contributed by atoms with Gasteiger partial charge in [0.15, 0.2) is 11.6 Å². The van der Waals surface area contributed by atoms with E-state index in [1.54, 1.807) is 12.3 Å². The highest BCUT2D eigenvalue weighted by Gasteiger charge is 2.56. The Morgan fingerprint density at radius 1 is 0.980 bits per heavy atom. The van der Waals surface area contributed by atoms with Crippen molar-refractivity contribution in [3.05, 3.63) is 60.4 Å². The van der Waals surface area contributed by atoms with Gasteiger partial charge in [0.25, 0.3) is 0 Å². The second-order valence-corrected chi connectivity index (χ2v) is 16.3. The normalized spacial score (nSPS) is 25.0. The number of pyridine rings is 2. The zero-order chi connectivity index (χ0) is 34.4. The molecule has 9 rings (SSSR count). The van der Waals surface area contributed by atoms with E-state index >= 15 is 0 Å². The first-order chi connectivity index (χ1) is 24.1. The van der Waals surface area contributed by atoms with Gasteiger partial charge in [0.05, 0.1) is 54.1 Å². The van der Waals surface area contributed by atoms with Crippen molar-refractivity contribution in [1.29, 1.82) is 0 Å². The van der Waals surface area contributed by atoms with Crippen LogP contribution in [0.3, 0.4) is 0 Å². The number of piperidine rings is 1. The van der Waals surface area contributed by atoms with E-state index in [2.05, 4.69) is 75.5 Å². The van der Waals surface area contributed by atoms with E-state index in [0.29, 0.717) is 29.0 Å². The Labute approximate surface area is 293 Å². The number of carbonyl (C=O) groups is 1.